The van der Waals surface area contributed by atoms with E-state index < -0.39 is 0 Å². The van der Waals surface area contributed by atoms with Crippen LogP contribution in [-0.2, 0) is 13.1 Å². The largest absolute Gasteiger partial charge is 0.508 e. The highest BCUT2D eigenvalue weighted by Gasteiger charge is 2.08. The fourth-order valence-electron chi connectivity index (χ4n) is 2.79. The van der Waals surface area contributed by atoms with Crippen LogP contribution >= 0.6 is 0 Å². The summed E-state index contributed by atoms with van der Waals surface area (Å²) in [5.41, 5.74) is 2.68. The summed E-state index contributed by atoms with van der Waals surface area (Å²) in [5, 5.41) is 15.4. The lowest BCUT2D eigenvalue weighted by Crippen LogP contribution is -2.32. The van der Waals surface area contributed by atoms with Crippen molar-refractivity contribution in [1.29, 1.82) is 0 Å². The number of nitrogens with one attached hydrogen (secondary N) is 2. The van der Waals surface area contributed by atoms with Crippen LogP contribution in [0.25, 0.3) is 11.0 Å². The number of carbonyl (C=O) groups excluding carboxylic acids is 1. The van der Waals surface area contributed by atoms with E-state index in [4.69, 9.17) is 0 Å². The number of aromatic hydroxyl groups is 1. The molecule has 1 heterocycles. The molecule has 0 fully saturated rings. The lowest BCUT2D eigenvalue weighted by Gasteiger charge is -2.09. The second kappa shape index (κ2) is 7.81. The molecule has 0 saturated heterocycles. The van der Waals surface area contributed by atoms with Crippen molar-refractivity contribution in [3.63, 3.8) is 0 Å². The van der Waals surface area contributed by atoms with Gasteiger partial charge in [0.05, 0.1) is 17.6 Å². The predicted molar refractivity (Wildman–Crippen MR) is 97.6 cm³/mol. The highest BCUT2D eigenvalue weighted by molar-refractivity contribution is 5.94. The van der Waals surface area contributed by atoms with Gasteiger partial charge in [0, 0.05) is 25.2 Å². The minimum Gasteiger partial charge on any atom is -0.508 e. The van der Waals surface area contributed by atoms with Gasteiger partial charge in [-0.1, -0.05) is 12.1 Å². The summed E-state index contributed by atoms with van der Waals surface area (Å²) < 4.78 is 2.19. The van der Waals surface area contributed by atoms with Crippen LogP contribution in [0.3, 0.4) is 0 Å². The molecule has 0 bridgehead atoms. The van der Waals surface area contributed by atoms with Crippen LogP contribution in [0.4, 0.5) is 0 Å². The summed E-state index contributed by atoms with van der Waals surface area (Å²) in [6, 6.07) is 14.3. The summed E-state index contributed by atoms with van der Waals surface area (Å²) in [6.45, 7) is 4.80. The SMILES string of the molecule is CCn1c(CNCCNC(=O)c2ccc(O)cc2)nc2ccccc21. The standard InChI is InChI=1S/C19H22N4O2/c1-2-23-17-6-4-3-5-16(17)22-18(23)13-20-11-12-21-19(25)14-7-9-15(24)10-8-14/h3-10,20,24H,2,11-13H2,1H3,(H,21,25). The van der Waals surface area contributed by atoms with E-state index in [0.717, 1.165) is 23.4 Å². The smallest absolute Gasteiger partial charge is 0.251 e. The normalized spacial score (nSPS) is 10.9. The fourth-order valence-corrected chi connectivity index (χ4v) is 2.79. The van der Waals surface area contributed by atoms with E-state index >= 15 is 0 Å². The van der Waals surface area contributed by atoms with Gasteiger partial charge in [-0.3, -0.25) is 4.79 Å². The lowest BCUT2D eigenvalue weighted by atomic mass is 10.2. The van der Waals surface area contributed by atoms with Gasteiger partial charge >= 0.3 is 0 Å². The molecule has 3 N–H and O–H groups in total. The molecule has 1 amide bonds. The topological polar surface area (TPSA) is 79.2 Å². The third kappa shape index (κ3) is 3.97. The molecule has 3 rings (SSSR count). The number of aryl methyl sites for hydroxylation is 1. The van der Waals surface area contributed by atoms with E-state index in [2.05, 4.69) is 33.2 Å². The molecule has 0 unspecified atom stereocenters. The van der Waals surface area contributed by atoms with Gasteiger partial charge < -0.3 is 20.3 Å². The first kappa shape index (κ1) is 17.0. The average molecular weight is 338 g/mol. The Bertz CT molecular complexity index is 855. The van der Waals surface area contributed by atoms with E-state index in [9.17, 15) is 9.90 Å². The van der Waals surface area contributed by atoms with Gasteiger partial charge in [0.25, 0.3) is 5.91 Å². The third-order valence-electron chi connectivity index (χ3n) is 4.05. The zero-order valence-electron chi connectivity index (χ0n) is 14.2. The van der Waals surface area contributed by atoms with Crippen LogP contribution < -0.4 is 10.6 Å². The summed E-state index contributed by atoms with van der Waals surface area (Å²) in [5.74, 6) is 0.994. The summed E-state index contributed by atoms with van der Waals surface area (Å²) in [6.07, 6.45) is 0. The highest BCUT2D eigenvalue weighted by atomic mass is 16.3. The average Bonchev–Trinajstić information content (AvgIpc) is 2.99. The summed E-state index contributed by atoms with van der Waals surface area (Å²) >= 11 is 0. The number of benzene rings is 2. The Hall–Kier alpha value is -2.86. The third-order valence-corrected chi connectivity index (χ3v) is 4.05. The van der Waals surface area contributed by atoms with Crippen LogP contribution in [0.15, 0.2) is 48.5 Å². The summed E-state index contributed by atoms with van der Waals surface area (Å²) in [7, 11) is 0. The Kier molecular flexibility index (Phi) is 5.30. The van der Waals surface area contributed by atoms with Gasteiger partial charge in [0.1, 0.15) is 11.6 Å². The first-order chi connectivity index (χ1) is 12.2. The molecule has 130 valence electrons. The number of para-hydroxylation sites is 2. The van der Waals surface area contributed by atoms with Gasteiger partial charge in [-0.15, -0.1) is 0 Å². The van der Waals surface area contributed by atoms with Crippen LogP contribution in [0.1, 0.15) is 23.1 Å². The van der Waals surface area contributed by atoms with Crippen molar-refractivity contribution in [2.45, 2.75) is 20.0 Å². The molecule has 6 heteroatoms. The Labute approximate surface area is 146 Å². The molecular weight excluding hydrogens is 316 g/mol. The summed E-state index contributed by atoms with van der Waals surface area (Å²) in [4.78, 5) is 16.6. The number of rotatable bonds is 7. The number of hydrogen-bond acceptors (Lipinski definition) is 4. The van der Waals surface area contributed by atoms with Gasteiger partial charge in [0.2, 0.25) is 0 Å². The molecule has 25 heavy (non-hydrogen) atoms. The molecule has 0 aliphatic heterocycles. The number of hydrogen-bond donors (Lipinski definition) is 3. The number of aromatic nitrogens is 2. The van der Waals surface area contributed by atoms with E-state index in [1.54, 1.807) is 12.1 Å². The van der Waals surface area contributed by atoms with Crippen LogP contribution in [0.5, 0.6) is 5.75 Å². The predicted octanol–water partition coefficient (Wildman–Crippen LogP) is 2.28. The molecule has 2 aromatic carbocycles. The van der Waals surface area contributed by atoms with Gasteiger partial charge in [0.15, 0.2) is 0 Å². The quantitative estimate of drug-likeness (QED) is 0.578. The molecule has 3 aromatic rings. The fraction of sp³-hybridized carbons (Fsp3) is 0.263. The van der Waals surface area contributed by atoms with Crippen LogP contribution in [0.2, 0.25) is 0 Å². The zero-order valence-corrected chi connectivity index (χ0v) is 14.2. The van der Waals surface area contributed by atoms with Crippen molar-refractivity contribution in [3.05, 3.63) is 59.9 Å². The maximum atomic E-state index is 12.0. The number of carbonyl (C=O) groups is 1. The molecule has 1 aromatic heterocycles. The molecule has 0 saturated carbocycles. The first-order valence-corrected chi connectivity index (χ1v) is 8.41. The van der Waals surface area contributed by atoms with Gasteiger partial charge in [-0.2, -0.15) is 0 Å². The molecular formula is C19H22N4O2. The van der Waals surface area contributed by atoms with Crippen molar-refractivity contribution >= 4 is 16.9 Å². The van der Waals surface area contributed by atoms with Crippen molar-refractivity contribution in [2.75, 3.05) is 13.1 Å². The Morgan fingerprint density at radius 3 is 2.64 bits per heavy atom. The van der Waals surface area contributed by atoms with E-state index in [1.165, 1.54) is 12.1 Å². The van der Waals surface area contributed by atoms with Gasteiger partial charge in [-0.25, -0.2) is 4.98 Å². The number of fused-ring (bicyclic) bond motifs is 1. The minimum absolute atomic E-state index is 0.150. The molecule has 0 spiro atoms. The molecule has 0 radical (unpaired) electrons. The van der Waals surface area contributed by atoms with E-state index in [0.29, 0.717) is 25.2 Å². The van der Waals surface area contributed by atoms with E-state index in [-0.39, 0.29) is 11.7 Å². The second-order valence-electron chi connectivity index (χ2n) is 5.74. The van der Waals surface area contributed by atoms with Crippen LogP contribution in [0, 0.1) is 0 Å². The molecule has 0 aliphatic carbocycles. The Morgan fingerprint density at radius 1 is 1.12 bits per heavy atom. The molecule has 0 atom stereocenters. The second-order valence-corrected chi connectivity index (χ2v) is 5.74. The van der Waals surface area contributed by atoms with Crippen molar-refractivity contribution in [2.24, 2.45) is 0 Å². The first-order valence-electron chi connectivity index (χ1n) is 8.41. The maximum absolute atomic E-state index is 12.0. The number of nitrogens with zero attached hydrogens (tertiary/aromatic N) is 2. The Balaban J connectivity index is 1.49. The molecule has 6 nitrogen and oxygen atoms in total. The number of amides is 1. The number of phenols is 1. The molecule has 0 aliphatic rings. The Morgan fingerprint density at radius 2 is 1.88 bits per heavy atom. The number of phenolic OH excluding ortho intramolecular Hbond substituents is 1. The lowest BCUT2D eigenvalue weighted by molar-refractivity contribution is 0.0954. The van der Waals surface area contributed by atoms with Crippen LogP contribution in [-0.4, -0.2) is 33.7 Å². The van der Waals surface area contributed by atoms with E-state index in [1.807, 2.05) is 18.2 Å². The van der Waals surface area contributed by atoms with Gasteiger partial charge in [-0.05, 0) is 43.3 Å². The minimum atomic E-state index is -0.150. The van der Waals surface area contributed by atoms with Crippen molar-refractivity contribution in [1.82, 2.24) is 20.2 Å². The number of imidazole rings is 1. The van der Waals surface area contributed by atoms with Crippen molar-refractivity contribution in [3.8, 4) is 5.75 Å². The zero-order chi connectivity index (χ0) is 17.6. The van der Waals surface area contributed by atoms with Crippen molar-refractivity contribution < 1.29 is 9.90 Å². The maximum Gasteiger partial charge on any atom is 0.251 e. The monoisotopic (exact) mass is 338 g/mol. The highest BCUT2D eigenvalue weighted by Crippen LogP contribution is 2.15.